The number of rotatable bonds is 4. The Morgan fingerprint density at radius 2 is 1.83 bits per heavy atom. The molecule has 0 aromatic heterocycles. The Morgan fingerprint density at radius 1 is 1.04 bits per heavy atom. The Labute approximate surface area is 137 Å². The van der Waals surface area contributed by atoms with Crippen molar-refractivity contribution in [1.82, 2.24) is 5.32 Å². The molecule has 120 valence electrons. The smallest absolute Gasteiger partial charge is 0.231 e. The molecule has 1 unspecified atom stereocenters. The van der Waals surface area contributed by atoms with Gasteiger partial charge in [-0.3, -0.25) is 0 Å². The first-order chi connectivity index (χ1) is 11.3. The number of nitrogens with one attached hydrogen (secondary N) is 1. The van der Waals surface area contributed by atoms with Gasteiger partial charge in [-0.2, -0.15) is 0 Å². The molecule has 2 aromatic carbocycles. The van der Waals surface area contributed by atoms with Crippen molar-refractivity contribution >= 4 is 0 Å². The van der Waals surface area contributed by atoms with Crippen molar-refractivity contribution in [2.24, 2.45) is 5.92 Å². The van der Waals surface area contributed by atoms with E-state index in [4.69, 9.17) is 9.47 Å². The van der Waals surface area contributed by atoms with Gasteiger partial charge in [0.25, 0.3) is 0 Å². The number of hydrogen-bond acceptors (Lipinski definition) is 3. The second-order valence-electron chi connectivity index (χ2n) is 6.66. The maximum Gasteiger partial charge on any atom is 0.231 e. The molecule has 1 aliphatic heterocycles. The summed E-state index contributed by atoms with van der Waals surface area (Å²) in [4.78, 5) is 0. The Morgan fingerprint density at radius 3 is 2.70 bits per heavy atom. The van der Waals surface area contributed by atoms with Crippen LogP contribution in [0.5, 0.6) is 11.5 Å². The molecule has 0 fully saturated rings. The Balaban J connectivity index is 1.64. The van der Waals surface area contributed by atoms with Crippen LogP contribution >= 0.6 is 0 Å². The van der Waals surface area contributed by atoms with Gasteiger partial charge in [-0.05, 0) is 72.7 Å². The van der Waals surface area contributed by atoms with E-state index in [1.165, 1.54) is 35.1 Å². The van der Waals surface area contributed by atoms with Crippen molar-refractivity contribution < 1.29 is 9.47 Å². The van der Waals surface area contributed by atoms with Crippen molar-refractivity contribution in [3.05, 3.63) is 47.5 Å². The summed E-state index contributed by atoms with van der Waals surface area (Å²) in [5, 5.41) is 3.28. The van der Waals surface area contributed by atoms with Crippen LogP contribution in [-0.2, 0) is 6.42 Å². The molecule has 0 radical (unpaired) electrons. The number of fused-ring (bicyclic) bond motifs is 2. The lowest BCUT2D eigenvalue weighted by Crippen LogP contribution is -2.14. The van der Waals surface area contributed by atoms with E-state index in [-0.39, 0.29) is 0 Å². The summed E-state index contributed by atoms with van der Waals surface area (Å²) >= 11 is 0. The molecule has 2 aliphatic rings. The Hall–Kier alpha value is -2.00. The summed E-state index contributed by atoms with van der Waals surface area (Å²) in [5.41, 5.74) is 5.51. The molecule has 0 saturated carbocycles. The van der Waals surface area contributed by atoms with E-state index in [0.29, 0.717) is 12.7 Å². The lowest BCUT2D eigenvalue weighted by atomic mass is 9.90. The molecule has 1 heterocycles. The highest BCUT2D eigenvalue weighted by Crippen LogP contribution is 2.42. The largest absolute Gasteiger partial charge is 0.454 e. The highest BCUT2D eigenvalue weighted by molar-refractivity contribution is 5.69. The van der Waals surface area contributed by atoms with E-state index in [2.05, 4.69) is 42.6 Å². The summed E-state index contributed by atoms with van der Waals surface area (Å²) in [6.07, 6.45) is 2.40. The molecule has 3 nitrogen and oxygen atoms in total. The van der Waals surface area contributed by atoms with E-state index in [0.717, 1.165) is 24.0 Å². The van der Waals surface area contributed by atoms with Crippen molar-refractivity contribution in [2.45, 2.75) is 25.7 Å². The zero-order valence-corrected chi connectivity index (χ0v) is 13.8. The number of hydrogen-bond donors (Lipinski definition) is 1. The van der Waals surface area contributed by atoms with Gasteiger partial charge in [-0.1, -0.05) is 31.2 Å². The van der Waals surface area contributed by atoms with Crippen molar-refractivity contribution in [2.75, 3.05) is 20.4 Å². The molecule has 0 bridgehead atoms. The minimum atomic E-state index is 0.327. The maximum atomic E-state index is 5.50. The minimum absolute atomic E-state index is 0.327. The van der Waals surface area contributed by atoms with Crippen molar-refractivity contribution in [3.63, 3.8) is 0 Å². The van der Waals surface area contributed by atoms with Gasteiger partial charge >= 0.3 is 0 Å². The fourth-order valence-electron chi connectivity index (χ4n) is 3.94. The fraction of sp³-hybridized carbons (Fsp3) is 0.400. The van der Waals surface area contributed by atoms with Gasteiger partial charge < -0.3 is 14.8 Å². The maximum absolute atomic E-state index is 5.50. The van der Waals surface area contributed by atoms with E-state index < -0.39 is 0 Å². The number of ether oxygens (including phenoxy) is 2. The zero-order valence-electron chi connectivity index (χ0n) is 13.8. The van der Waals surface area contributed by atoms with Gasteiger partial charge in [0.2, 0.25) is 6.79 Å². The van der Waals surface area contributed by atoms with Crippen LogP contribution in [0.25, 0.3) is 11.1 Å². The van der Waals surface area contributed by atoms with E-state index in [1.54, 1.807) is 0 Å². The second kappa shape index (κ2) is 5.89. The molecular formula is C20H23NO2. The third kappa shape index (κ3) is 2.59. The average Bonchev–Trinajstić information content (AvgIpc) is 3.15. The third-order valence-corrected chi connectivity index (χ3v) is 5.18. The van der Waals surface area contributed by atoms with Crippen LogP contribution in [0.15, 0.2) is 36.4 Å². The zero-order chi connectivity index (χ0) is 15.8. The van der Waals surface area contributed by atoms with E-state index in [9.17, 15) is 0 Å². The summed E-state index contributed by atoms with van der Waals surface area (Å²) < 4.78 is 10.9. The van der Waals surface area contributed by atoms with Crippen LogP contribution in [0.2, 0.25) is 0 Å². The van der Waals surface area contributed by atoms with Crippen molar-refractivity contribution in [1.29, 1.82) is 0 Å². The summed E-state index contributed by atoms with van der Waals surface area (Å²) in [7, 11) is 2.03. The molecule has 3 heteroatoms. The van der Waals surface area contributed by atoms with E-state index >= 15 is 0 Å². The van der Waals surface area contributed by atoms with Crippen molar-refractivity contribution in [3.8, 4) is 22.6 Å². The normalized spacial score (nSPS) is 21.5. The lowest BCUT2D eigenvalue weighted by Gasteiger charge is -2.16. The highest BCUT2D eigenvalue weighted by atomic mass is 16.7. The molecule has 2 aromatic rings. The average molecular weight is 309 g/mol. The SMILES string of the molecule is CNCCC1c2ccc(-c3ccc4c(c3)OCO4)cc2C[C@H]1C. The topological polar surface area (TPSA) is 30.5 Å². The highest BCUT2D eigenvalue weighted by Gasteiger charge is 2.29. The lowest BCUT2D eigenvalue weighted by molar-refractivity contribution is 0.174. The van der Waals surface area contributed by atoms with Gasteiger partial charge in [0.05, 0.1) is 0 Å². The quantitative estimate of drug-likeness (QED) is 0.927. The first kappa shape index (κ1) is 14.6. The molecule has 0 spiro atoms. The number of benzene rings is 2. The van der Waals surface area contributed by atoms with E-state index in [1.807, 2.05) is 13.1 Å². The summed E-state index contributed by atoms with van der Waals surface area (Å²) in [5.74, 6) is 3.10. The Kier molecular flexibility index (Phi) is 3.74. The molecule has 1 N–H and O–H groups in total. The first-order valence-electron chi connectivity index (χ1n) is 8.43. The van der Waals surface area contributed by atoms with Gasteiger partial charge in [0.1, 0.15) is 0 Å². The van der Waals surface area contributed by atoms with Crippen LogP contribution in [0, 0.1) is 5.92 Å². The summed E-state index contributed by atoms with van der Waals surface area (Å²) in [6, 6.07) is 13.2. The Bertz CT molecular complexity index is 726. The van der Waals surface area contributed by atoms with Crippen LogP contribution < -0.4 is 14.8 Å². The molecule has 4 rings (SSSR count). The molecular weight excluding hydrogens is 286 g/mol. The predicted molar refractivity (Wildman–Crippen MR) is 92.2 cm³/mol. The van der Waals surface area contributed by atoms with Crippen LogP contribution in [0.3, 0.4) is 0 Å². The third-order valence-electron chi connectivity index (χ3n) is 5.18. The molecule has 0 saturated heterocycles. The molecule has 2 atom stereocenters. The fourth-order valence-corrected chi connectivity index (χ4v) is 3.94. The van der Waals surface area contributed by atoms with Crippen LogP contribution in [-0.4, -0.2) is 20.4 Å². The van der Waals surface area contributed by atoms with Gasteiger partial charge in [-0.25, -0.2) is 0 Å². The first-order valence-corrected chi connectivity index (χ1v) is 8.43. The minimum Gasteiger partial charge on any atom is -0.454 e. The van der Waals surface area contributed by atoms with Gasteiger partial charge in [0.15, 0.2) is 11.5 Å². The second-order valence-corrected chi connectivity index (χ2v) is 6.66. The van der Waals surface area contributed by atoms with Crippen LogP contribution in [0.1, 0.15) is 30.4 Å². The summed E-state index contributed by atoms with van der Waals surface area (Å²) in [6.45, 7) is 3.78. The standard InChI is InChI=1S/C20H23NO2/c1-13-9-16-10-14(3-5-18(16)17(13)7-8-21-2)15-4-6-19-20(11-15)23-12-22-19/h3-6,10-11,13,17,21H,7-9,12H2,1-2H3/t13-,17?/m1/s1. The van der Waals surface area contributed by atoms with Crippen LogP contribution in [0.4, 0.5) is 0 Å². The van der Waals surface area contributed by atoms with Gasteiger partial charge in [0, 0.05) is 0 Å². The molecule has 23 heavy (non-hydrogen) atoms. The molecule has 0 amide bonds. The predicted octanol–water partition coefficient (Wildman–Crippen LogP) is 3.97. The monoisotopic (exact) mass is 309 g/mol. The van der Waals surface area contributed by atoms with Gasteiger partial charge in [-0.15, -0.1) is 0 Å². The molecule has 1 aliphatic carbocycles.